The van der Waals surface area contributed by atoms with Crippen molar-refractivity contribution in [3.63, 3.8) is 0 Å². The quantitative estimate of drug-likeness (QED) is 0.889. The Morgan fingerprint density at radius 1 is 1.28 bits per heavy atom. The van der Waals surface area contributed by atoms with Crippen molar-refractivity contribution in [2.75, 3.05) is 0 Å². The van der Waals surface area contributed by atoms with E-state index in [0.29, 0.717) is 22.4 Å². The van der Waals surface area contributed by atoms with Gasteiger partial charge >= 0.3 is 6.18 Å². The molecule has 3 nitrogen and oxygen atoms in total. The number of pyridine rings is 1. The lowest BCUT2D eigenvalue weighted by Gasteiger charge is -2.08. The minimum atomic E-state index is -4.41. The van der Waals surface area contributed by atoms with Gasteiger partial charge in [-0.15, -0.1) is 0 Å². The van der Waals surface area contributed by atoms with Crippen molar-refractivity contribution in [3.8, 4) is 11.1 Å². The molecule has 2 heterocycles. The van der Waals surface area contributed by atoms with Crippen LogP contribution in [0.15, 0.2) is 31.2 Å². The maximum atomic E-state index is 12.6. The van der Waals surface area contributed by atoms with Gasteiger partial charge in [-0.05, 0) is 18.6 Å². The highest BCUT2D eigenvalue weighted by Gasteiger charge is 2.31. The van der Waals surface area contributed by atoms with Crippen LogP contribution in [0.25, 0.3) is 16.7 Å². The molecule has 6 heteroatoms. The zero-order valence-corrected chi connectivity index (χ0v) is 9.54. The molecule has 0 fully saturated rings. The third-order valence-electron chi connectivity index (χ3n) is 2.44. The van der Waals surface area contributed by atoms with Crippen molar-refractivity contribution >= 4 is 5.57 Å². The van der Waals surface area contributed by atoms with Gasteiger partial charge in [0.15, 0.2) is 0 Å². The van der Waals surface area contributed by atoms with Gasteiger partial charge in [-0.25, -0.2) is 0 Å². The monoisotopic (exact) mass is 253 g/mol. The third kappa shape index (κ3) is 2.27. The third-order valence-corrected chi connectivity index (χ3v) is 2.44. The molecule has 0 saturated heterocycles. The van der Waals surface area contributed by atoms with E-state index in [1.807, 2.05) is 0 Å². The van der Waals surface area contributed by atoms with Crippen molar-refractivity contribution in [3.05, 3.63) is 42.5 Å². The first kappa shape index (κ1) is 12.3. The molecule has 0 aromatic carbocycles. The normalized spacial score (nSPS) is 11.6. The Morgan fingerprint density at radius 3 is 2.61 bits per heavy atom. The summed E-state index contributed by atoms with van der Waals surface area (Å²) < 4.78 is 37.8. The smallest absolute Gasteiger partial charge is 0.278 e. The van der Waals surface area contributed by atoms with Crippen LogP contribution in [0.4, 0.5) is 13.2 Å². The molecule has 1 N–H and O–H groups in total. The first-order valence-corrected chi connectivity index (χ1v) is 5.11. The molecule has 0 aliphatic carbocycles. The Labute approximate surface area is 101 Å². The molecule has 0 aliphatic heterocycles. The van der Waals surface area contributed by atoms with Crippen LogP contribution >= 0.6 is 0 Å². The van der Waals surface area contributed by atoms with E-state index in [2.05, 4.69) is 21.8 Å². The number of allylic oxidation sites excluding steroid dienone is 1. The fourth-order valence-corrected chi connectivity index (χ4v) is 1.57. The van der Waals surface area contributed by atoms with E-state index in [0.717, 1.165) is 12.3 Å². The van der Waals surface area contributed by atoms with Gasteiger partial charge in [0.25, 0.3) is 0 Å². The van der Waals surface area contributed by atoms with Crippen LogP contribution < -0.4 is 0 Å². The van der Waals surface area contributed by atoms with Gasteiger partial charge in [-0.3, -0.25) is 10.1 Å². The first-order valence-electron chi connectivity index (χ1n) is 5.11. The van der Waals surface area contributed by atoms with Crippen LogP contribution in [0, 0.1) is 0 Å². The zero-order chi connectivity index (χ0) is 13.3. The summed E-state index contributed by atoms with van der Waals surface area (Å²) >= 11 is 0. The summed E-state index contributed by atoms with van der Waals surface area (Å²) in [5.74, 6) is 0. The Kier molecular flexibility index (Phi) is 2.94. The second-order valence-corrected chi connectivity index (χ2v) is 3.90. The number of hydrogen-bond acceptors (Lipinski definition) is 2. The van der Waals surface area contributed by atoms with E-state index < -0.39 is 11.7 Å². The number of H-pyrrole nitrogens is 1. The van der Waals surface area contributed by atoms with Crippen LogP contribution in [0.5, 0.6) is 0 Å². The van der Waals surface area contributed by atoms with Crippen LogP contribution in [0.2, 0.25) is 0 Å². The van der Waals surface area contributed by atoms with Gasteiger partial charge in [0.2, 0.25) is 0 Å². The van der Waals surface area contributed by atoms with Gasteiger partial charge in [0.1, 0.15) is 0 Å². The Bertz CT molecular complexity index is 584. The lowest BCUT2D eigenvalue weighted by molar-refractivity contribution is -0.137. The molecule has 2 rings (SSSR count). The Hall–Kier alpha value is -2.11. The minimum absolute atomic E-state index is 0.358. The van der Waals surface area contributed by atoms with Crippen molar-refractivity contribution < 1.29 is 13.2 Å². The molecule has 0 spiro atoms. The maximum Gasteiger partial charge on any atom is 0.417 e. The molecule has 0 amide bonds. The van der Waals surface area contributed by atoms with Crippen LogP contribution in [-0.2, 0) is 6.18 Å². The molecule has 18 heavy (non-hydrogen) atoms. The highest BCUT2D eigenvalue weighted by Crippen LogP contribution is 2.32. The van der Waals surface area contributed by atoms with E-state index in [4.69, 9.17) is 0 Å². The van der Waals surface area contributed by atoms with E-state index in [-0.39, 0.29) is 0 Å². The number of nitrogens with zero attached hydrogens (tertiary/aromatic N) is 2. The molecular formula is C12H10F3N3. The summed E-state index contributed by atoms with van der Waals surface area (Å²) in [4.78, 5) is 3.62. The SMILES string of the molecule is C=C(C)c1[nH]ncc1-c1cncc(C(F)(F)F)c1. The number of hydrogen-bond donors (Lipinski definition) is 1. The molecule has 0 saturated carbocycles. The highest BCUT2D eigenvalue weighted by molar-refractivity contribution is 5.76. The molecule has 0 unspecified atom stereocenters. The number of aromatic nitrogens is 3. The van der Waals surface area contributed by atoms with E-state index in [1.165, 1.54) is 12.4 Å². The summed E-state index contributed by atoms with van der Waals surface area (Å²) in [7, 11) is 0. The standard InChI is InChI=1S/C12H10F3N3/c1-7(2)11-10(6-17-18-11)8-3-9(5-16-4-8)12(13,14)15/h3-6H,1H2,2H3,(H,17,18). The second-order valence-electron chi connectivity index (χ2n) is 3.90. The fourth-order valence-electron chi connectivity index (χ4n) is 1.57. The molecular weight excluding hydrogens is 243 g/mol. The van der Waals surface area contributed by atoms with Crippen LogP contribution in [0.3, 0.4) is 0 Å². The van der Waals surface area contributed by atoms with Gasteiger partial charge in [-0.1, -0.05) is 6.58 Å². The summed E-state index contributed by atoms with van der Waals surface area (Å²) in [5, 5.41) is 6.52. The number of alkyl halides is 3. The van der Waals surface area contributed by atoms with Crippen molar-refractivity contribution in [1.29, 1.82) is 0 Å². The highest BCUT2D eigenvalue weighted by atomic mass is 19.4. The Morgan fingerprint density at radius 2 is 2.00 bits per heavy atom. The predicted octanol–water partition coefficient (Wildman–Crippen LogP) is 3.52. The zero-order valence-electron chi connectivity index (χ0n) is 9.54. The number of rotatable bonds is 2. The van der Waals surface area contributed by atoms with E-state index in [9.17, 15) is 13.2 Å². The van der Waals surface area contributed by atoms with Crippen molar-refractivity contribution in [2.24, 2.45) is 0 Å². The number of halogens is 3. The van der Waals surface area contributed by atoms with E-state index >= 15 is 0 Å². The summed E-state index contributed by atoms with van der Waals surface area (Å²) in [6, 6.07) is 1.05. The second kappa shape index (κ2) is 4.29. The average molecular weight is 253 g/mol. The summed E-state index contributed by atoms with van der Waals surface area (Å²) in [6.07, 6.45) is -0.784. The van der Waals surface area contributed by atoms with E-state index in [1.54, 1.807) is 6.92 Å². The van der Waals surface area contributed by atoms with Crippen LogP contribution in [0.1, 0.15) is 18.2 Å². The topological polar surface area (TPSA) is 41.6 Å². The molecule has 0 bridgehead atoms. The average Bonchev–Trinajstić information content (AvgIpc) is 2.77. The minimum Gasteiger partial charge on any atom is -0.278 e. The number of aromatic amines is 1. The molecule has 2 aromatic rings. The largest absolute Gasteiger partial charge is 0.417 e. The molecule has 2 aromatic heterocycles. The Balaban J connectivity index is 2.52. The van der Waals surface area contributed by atoms with Crippen molar-refractivity contribution in [1.82, 2.24) is 15.2 Å². The van der Waals surface area contributed by atoms with Gasteiger partial charge in [0, 0.05) is 23.5 Å². The molecule has 0 radical (unpaired) electrons. The van der Waals surface area contributed by atoms with Gasteiger partial charge in [0.05, 0.1) is 17.5 Å². The molecule has 0 atom stereocenters. The van der Waals surface area contributed by atoms with Gasteiger partial charge in [-0.2, -0.15) is 18.3 Å². The molecule has 0 aliphatic rings. The lowest BCUT2D eigenvalue weighted by Crippen LogP contribution is -2.05. The lowest BCUT2D eigenvalue weighted by atomic mass is 10.0. The fraction of sp³-hybridized carbons (Fsp3) is 0.167. The van der Waals surface area contributed by atoms with Gasteiger partial charge < -0.3 is 0 Å². The van der Waals surface area contributed by atoms with Crippen molar-refractivity contribution in [2.45, 2.75) is 13.1 Å². The molecule has 94 valence electrons. The predicted molar refractivity (Wildman–Crippen MR) is 61.5 cm³/mol. The maximum absolute atomic E-state index is 12.6. The van der Waals surface area contributed by atoms with Crippen LogP contribution in [-0.4, -0.2) is 15.2 Å². The first-order chi connectivity index (χ1) is 8.39. The number of nitrogens with one attached hydrogen (secondary N) is 1. The summed E-state index contributed by atoms with van der Waals surface area (Å²) in [5.41, 5.74) is 1.43. The summed E-state index contributed by atoms with van der Waals surface area (Å²) in [6.45, 7) is 5.49.